The van der Waals surface area contributed by atoms with Gasteiger partial charge in [0.2, 0.25) is 0 Å². The van der Waals surface area contributed by atoms with E-state index in [1.807, 2.05) is 0 Å². The molecule has 21 heteroatoms. The molecule has 0 amide bonds. The fraction of sp³-hybridized carbons (Fsp3) is 0.911. The van der Waals surface area contributed by atoms with E-state index in [2.05, 4.69) is 49.6 Å². The molecule has 0 saturated carbocycles. The van der Waals surface area contributed by atoms with Gasteiger partial charge in [0.25, 0.3) is 0 Å². The van der Waals surface area contributed by atoms with Crippen LogP contribution < -0.4 is 0 Å². The molecule has 3 unspecified atom stereocenters. The van der Waals surface area contributed by atoms with Crippen LogP contribution in [0.4, 0.5) is 0 Å². The summed E-state index contributed by atoms with van der Waals surface area (Å²) in [5, 5.41) is 43.3. The highest BCUT2D eigenvalue weighted by molar-refractivity contribution is 14.1. The lowest BCUT2D eigenvalue weighted by Crippen LogP contribution is -2.65. The average molecular weight is 1200 g/mol. The number of halogens is 1. The summed E-state index contributed by atoms with van der Waals surface area (Å²) >= 11 is 2.28. The molecule has 14 aliphatic rings. The van der Waals surface area contributed by atoms with Crippen molar-refractivity contribution in [3.63, 3.8) is 0 Å². The number of carbonyl (C=O) groups excluding carboxylic acids is 1. The van der Waals surface area contributed by atoms with E-state index in [0.29, 0.717) is 89.9 Å². The molecule has 20 nitrogen and oxygen atoms in total. The summed E-state index contributed by atoms with van der Waals surface area (Å²) in [6.07, 6.45) is -1.47. The Morgan fingerprint density at radius 2 is 1.36 bits per heavy atom. The molecule has 10 bridgehead atoms. The molecule has 14 fully saturated rings. The number of hydrogen-bond acceptors (Lipinski definition) is 20. The number of carbonyl (C=O) groups is 1. The van der Waals surface area contributed by atoms with Crippen LogP contribution in [0.5, 0.6) is 0 Å². The number of ether oxygens (including phenoxy) is 15. The Kier molecular flexibility index (Phi) is 14.3. The standard InChI is InChI=1S/C56H79IO20/c1-25-15-29-5-7-33-26(2)16-31(63-33)9-12-54-24-56(61,62)50(76-54)49-45(57)48(75-54)47-36(69-49)8-6-30(65-47)17-44(60)67-38-20-41-51(70-39(38)19-37(64-29)28(25)4)71-52-43(66-41)23-55(77-52)22-42-35(72-55)10-13-53(74-42)21-27(3)46-40(73-53)18-32(59)34(68-46)11-14-58/h25,27,29-43,45-52,58-59,61-62H,2,4-24H2,1,3H3/t25-,27+,29+,30-,31+,32-,33+,34-,35+,36+,37-,38-,39+,40+,41?,42+,43?,45+,46+,47+,48-,49-,50?,51+,52+,53+,54-,55+/m1/s1. The molecule has 14 aliphatic heterocycles. The highest BCUT2D eigenvalue weighted by Crippen LogP contribution is 2.56. The number of aliphatic hydroxyl groups is 4. The monoisotopic (exact) mass is 1200 g/mol. The first-order chi connectivity index (χ1) is 36.9. The minimum Gasteiger partial charge on any atom is -0.459 e. The van der Waals surface area contributed by atoms with Crippen LogP contribution in [0.3, 0.4) is 0 Å². The van der Waals surface area contributed by atoms with Gasteiger partial charge >= 0.3 is 5.97 Å². The Morgan fingerprint density at radius 1 is 0.584 bits per heavy atom. The van der Waals surface area contributed by atoms with E-state index in [1.165, 1.54) is 0 Å². The summed E-state index contributed by atoms with van der Waals surface area (Å²) in [5.41, 5.74) is 1.99. The lowest BCUT2D eigenvalue weighted by atomic mass is 9.80. The lowest BCUT2D eigenvalue weighted by molar-refractivity contribution is -0.383. The second-order valence-corrected chi connectivity index (χ2v) is 27.0. The Morgan fingerprint density at radius 3 is 2.22 bits per heavy atom. The van der Waals surface area contributed by atoms with E-state index in [0.717, 1.165) is 30.4 Å². The van der Waals surface area contributed by atoms with Gasteiger partial charge in [-0.2, -0.15) is 0 Å². The van der Waals surface area contributed by atoms with Gasteiger partial charge in [0.05, 0.1) is 90.0 Å². The van der Waals surface area contributed by atoms with E-state index < -0.39 is 115 Å². The van der Waals surface area contributed by atoms with Crippen LogP contribution in [0, 0.1) is 11.8 Å². The van der Waals surface area contributed by atoms with Crippen molar-refractivity contribution in [1.29, 1.82) is 0 Å². The summed E-state index contributed by atoms with van der Waals surface area (Å²) in [5.74, 6) is -5.48. The van der Waals surface area contributed by atoms with Crippen LogP contribution in [0.25, 0.3) is 0 Å². The molecule has 14 heterocycles. The largest absolute Gasteiger partial charge is 0.459 e. The molecule has 77 heavy (non-hydrogen) atoms. The lowest BCUT2D eigenvalue weighted by Gasteiger charge is -2.53. The highest BCUT2D eigenvalue weighted by atomic mass is 127. The van der Waals surface area contributed by atoms with Gasteiger partial charge in [0.15, 0.2) is 35.7 Å². The Bertz CT molecular complexity index is 2260. The summed E-state index contributed by atoms with van der Waals surface area (Å²) in [6, 6.07) is 0. The molecule has 3 spiro atoms. The molecule has 0 aromatic heterocycles. The average Bonchev–Trinajstić information content (AvgIpc) is 4.33. The van der Waals surface area contributed by atoms with Gasteiger partial charge in [-0.3, -0.25) is 4.79 Å². The summed E-state index contributed by atoms with van der Waals surface area (Å²) < 4.78 is 101. The van der Waals surface area contributed by atoms with Crippen molar-refractivity contribution in [2.75, 3.05) is 6.61 Å². The molecule has 0 aliphatic carbocycles. The van der Waals surface area contributed by atoms with Crippen molar-refractivity contribution in [3.8, 4) is 0 Å². The highest BCUT2D eigenvalue weighted by Gasteiger charge is 2.68. The molecule has 430 valence electrons. The minimum atomic E-state index is -2.16. The predicted molar refractivity (Wildman–Crippen MR) is 271 cm³/mol. The molecule has 4 N–H and O–H groups in total. The zero-order chi connectivity index (χ0) is 52.9. The maximum Gasteiger partial charge on any atom is 0.308 e. The van der Waals surface area contributed by atoms with E-state index in [4.69, 9.17) is 71.1 Å². The van der Waals surface area contributed by atoms with Crippen LogP contribution in [0.1, 0.15) is 136 Å². The SMILES string of the molecule is C=C1C[C@@H]2CC[C@]34CC(O)(O)C(O3)[C@@H]3O[C@H]5CC[C@H](CC(=O)O[C@@H]6CC7OC8C[C@]9(C[C@@H]%10O[C@@]%11(CC[C@@H]%10O9)C[C@H](C)[C@@H]9O[C@H](CCO)[C@H](O)C[C@@H]9O%11)O[C@@H]8O[C@@H]7O[C@H]6C[C@H]6O[C@@H](CC[C@@H]1O2)C[C@@H](C)C6=C)O[C@@H]5[C@H](O4)[C@@H]3I. The first-order valence-corrected chi connectivity index (χ1v) is 30.4. The van der Waals surface area contributed by atoms with E-state index in [1.54, 1.807) is 0 Å². The van der Waals surface area contributed by atoms with Gasteiger partial charge in [-0.1, -0.05) is 49.6 Å². The Hall–Kier alpha value is -1.04. The zero-order valence-corrected chi connectivity index (χ0v) is 46.3. The fourth-order valence-electron chi connectivity index (χ4n) is 16.3. The minimum absolute atomic E-state index is 0.00741. The first kappa shape index (κ1) is 53.9. The van der Waals surface area contributed by atoms with Crippen molar-refractivity contribution >= 4 is 28.6 Å². The number of hydrogen-bond donors (Lipinski definition) is 4. The van der Waals surface area contributed by atoms with E-state index in [-0.39, 0.29) is 84.0 Å². The second-order valence-electron chi connectivity index (χ2n) is 25.6. The van der Waals surface area contributed by atoms with Gasteiger partial charge in [0.1, 0.15) is 48.8 Å². The normalized spacial score (nSPS) is 56.0. The van der Waals surface area contributed by atoms with Gasteiger partial charge in [-0.05, 0) is 80.8 Å². The van der Waals surface area contributed by atoms with Gasteiger partial charge < -0.3 is 91.5 Å². The third-order valence-corrected chi connectivity index (χ3v) is 21.5. The molecule has 0 aromatic rings. The Labute approximate surface area is 463 Å². The van der Waals surface area contributed by atoms with Gasteiger partial charge in [-0.15, -0.1) is 0 Å². The van der Waals surface area contributed by atoms with Crippen LogP contribution in [0.2, 0.25) is 0 Å². The maximum atomic E-state index is 14.4. The smallest absolute Gasteiger partial charge is 0.308 e. The summed E-state index contributed by atoms with van der Waals surface area (Å²) in [4.78, 5) is 14.4. The van der Waals surface area contributed by atoms with Crippen molar-refractivity contribution in [3.05, 3.63) is 24.3 Å². The molecule has 28 atom stereocenters. The van der Waals surface area contributed by atoms with Crippen molar-refractivity contribution < 1.29 is 96.3 Å². The molecule has 14 saturated heterocycles. The predicted octanol–water partition coefficient (Wildman–Crippen LogP) is 4.33. The van der Waals surface area contributed by atoms with E-state index >= 15 is 0 Å². The molecule has 0 aromatic carbocycles. The zero-order valence-electron chi connectivity index (χ0n) is 44.2. The topological polar surface area (TPSA) is 236 Å². The molecular formula is C56H79IO20. The molecule has 0 radical (unpaired) electrons. The number of fused-ring (bicyclic) bond motifs is 13. The van der Waals surface area contributed by atoms with Crippen LogP contribution >= 0.6 is 22.6 Å². The quantitative estimate of drug-likeness (QED) is 0.0990. The third-order valence-electron chi connectivity index (χ3n) is 20.1. The van der Waals surface area contributed by atoms with Crippen LogP contribution in [-0.4, -0.2) is 195 Å². The van der Waals surface area contributed by atoms with Crippen molar-refractivity contribution in [2.24, 2.45) is 11.8 Å². The third kappa shape index (κ3) is 9.88. The van der Waals surface area contributed by atoms with Crippen molar-refractivity contribution in [2.45, 2.75) is 298 Å². The van der Waals surface area contributed by atoms with E-state index in [9.17, 15) is 25.2 Å². The van der Waals surface area contributed by atoms with Crippen LogP contribution in [-0.2, 0) is 75.8 Å². The van der Waals surface area contributed by atoms with Crippen molar-refractivity contribution in [1.82, 2.24) is 0 Å². The maximum absolute atomic E-state index is 14.4. The Balaban J connectivity index is 0.682. The number of esters is 1. The first-order valence-electron chi connectivity index (χ1n) is 29.2. The molecular weight excluding hydrogens is 1120 g/mol. The number of rotatable bonds is 2. The number of aliphatic hydroxyl groups excluding tert-OH is 2. The molecule has 14 rings (SSSR count). The second kappa shape index (κ2) is 20.3. The van der Waals surface area contributed by atoms with Gasteiger partial charge in [0, 0.05) is 58.0 Å². The summed E-state index contributed by atoms with van der Waals surface area (Å²) in [6.45, 7) is 13.2. The fourth-order valence-corrected chi connectivity index (χ4v) is 17.4. The van der Waals surface area contributed by atoms with Gasteiger partial charge in [-0.25, -0.2) is 0 Å². The van der Waals surface area contributed by atoms with Crippen LogP contribution in [0.15, 0.2) is 24.3 Å². The summed E-state index contributed by atoms with van der Waals surface area (Å²) in [7, 11) is 0. The number of alkyl halides is 1.